The number of rotatable bonds is 3. The third-order valence-corrected chi connectivity index (χ3v) is 1.94. The molecular formula is C10H17NO. The molecule has 0 aliphatic rings. The molecule has 0 aromatic heterocycles. The van der Waals surface area contributed by atoms with E-state index in [1.165, 1.54) is 0 Å². The van der Waals surface area contributed by atoms with Crippen molar-refractivity contribution in [3.63, 3.8) is 0 Å². The summed E-state index contributed by atoms with van der Waals surface area (Å²) in [5.41, 5.74) is -0.301. The van der Waals surface area contributed by atoms with E-state index >= 15 is 0 Å². The molecule has 0 aromatic carbocycles. The summed E-state index contributed by atoms with van der Waals surface area (Å²) in [5.74, 6) is 0.0765. The predicted molar refractivity (Wildman–Crippen MR) is 48.5 cm³/mol. The third-order valence-electron chi connectivity index (χ3n) is 1.94. The number of hydrogen-bond acceptors (Lipinski definition) is 2. The summed E-state index contributed by atoms with van der Waals surface area (Å²) in [6.45, 7) is 7.60. The molecular weight excluding hydrogens is 150 g/mol. The van der Waals surface area contributed by atoms with Gasteiger partial charge in [-0.2, -0.15) is 5.26 Å². The molecule has 1 atom stereocenters. The molecule has 0 rings (SSSR count). The molecule has 0 spiro atoms. The first-order valence-electron chi connectivity index (χ1n) is 4.34. The van der Waals surface area contributed by atoms with Crippen molar-refractivity contribution in [3.8, 4) is 6.07 Å². The zero-order valence-electron chi connectivity index (χ0n) is 8.35. The molecule has 0 aliphatic carbocycles. The van der Waals surface area contributed by atoms with E-state index in [1.54, 1.807) is 0 Å². The van der Waals surface area contributed by atoms with Crippen LogP contribution < -0.4 is 0 Å². The van der Waals surface area contributed by atoms with E-state index in [0.29, 0.717) is 6.42 Å². The van der Waals surface area contributed by atoms with Gasteiger partial charge in [0.2, 0.25) is 0 Å². The standard InChI is InChI=1S/C10H17NO/c1-5-8(7-11)6-9(12)10(2,3)4/h8H,5-6H2,1-4H3/t8-/m1/s1. The lowest BCUT2D eigenvalue weighted by Gasteiger charge is -2.17. The van der Waals surface area contributed by atoms with Crippen LogP contribution in [0.2, 0.25) is 0 Å². The van der Waals surface area contributed by atoms with E-state index in [9.17, 15) is 4.79 Å². The van der Waals surface area contributed by atoms with Crippen molar-refractivity contribution in [3.05, 3.63) is 0 Å². The molecule has 0 aliphatic heterocycles. The zero-order chi connectivity index (χ0) is 9.78. The summed E-state index contributed by atoms with van der Waals surface area (Å²) in [6, 6.07) is 2.13. The Balaban J connectivity index is 4.11. The van der Waals surface area contributed by atoms with Crippen molar-refractivity contribution in [1.29, 1.82) is 5.26 Å². The second-order valence-corrected chi connectivity index (χ2v) is 4.11. The smallest absolute Gasteiger partial charge is 0.139 e. The lowest BCUT2D eigenvalue weighted by atomic mass is 9.85. The van der Waals surface area contributed by atoms with Gasteiger partial charge in [-0.1, -0.05) is 27.7 Å². The first-order valence-corrected chi connectivity index (χ1v) is 4.34. The minimum absolute atomic E-state index is 0.100. The van der Waals surface area contributed by atoms with E-state index < -0.39 is 0 Å². The van der Waals surface area contributed by atoms with Gasteiger partial charge in [-0.15, -0.1) is 0 Å². The maximum absolute atomic E-state index is 11.4. The van der Waals surface area contributed by atoms with E-state index in [4.69, 9.17) is 5.26 Å². The Kier molecular flexibility index (Phi) is 3.95. The molecule has 12 heavy (non-hydrogen) atoms. The van der Waals surface area contributed by atoms with Gasteiger partial charge in [-0.05, 0) is 6.42 Å². The van der Waals surface area contributed by atoms with Gasteiger partial charge in [-0.3, -0.25) is 4.79 Å². The molecule has 0 amide bonds. The number of ketones is 1. The van der Waals surface area contributed by atoms with Gasteiger partial charge in [0.1, 0.15) is 5.78 Å². The normalized spacial score (nSPS) is 13.6. The highest BCUT2D eigenvalue weighted by molar-refractivity contribution is 5.84. The Labute approximate surface area is 74.6 Å². The molecule has 0 unspecified atom stereocenters. The topological polar surface area (TPSA) is 40.9 Å². The van der Waals surface area contributed by atoms with E-state index in [2.05, 4.69) is 6.07 Å². The highest BCUT2D eigenvalue weighted by atomic mass is 16.1. The fraction of sp³-hybridized carbons (Fsp3) is 0.800. The first kappa shape index (κ1) is 11.2. The second-order valence-electron chi connectivity index (χ2n) is 4.11. The van der Waals surface area contributed by atoms with Crippen LogP contribution in [0.25, 0.3) is 0 Å². The minimum Gasteiger partial charge on any atom is -0.299 e. The summed E-state index contributed by atoms with van der Waals surface area (Å²) in [5, 5.41) is 8.64. The fourth-order valence-corrected chi connectivity index (χ4v) is 0.811. The average molecular weight is 167 g/mol. The number of carbonyl (C=O) groups excluding carboxylic acids is 1. The Morgan fingerprint density at radius 3 is 2.25 bits per heavy atom. The Bertz CT molecular complexity index is 195. The van der Waals surface area contributed by atoms with Crippen LogP contribution in [0.4, 0.5) is 0 Å². The molecule has 0 radical (unpaired) electrons. The van der Waals surface area contributed by atoms with E-state index in [0.717, 1.165) is 6.42 Å². The second kappa shape index (κ2) is 4.25. The van der Waals surface area contributed by atoms with Gasteiger partial charge in [0.15, 0.2) is 0 Å². The fourth-order valence-electron chi connectivity index (χ4n) is 0.811. The van der Waals surface area contributed by atoms with Gasteiger partial charge >= 0.3 is 0 Å². The third kappa shape index (κ3) is 3.52. The summed E-state index contributed by atoms with van der Waals surface area (Å²) >= 11 is 0. The van der Waals surface area contributed by atoms with Crippen LogP contribution in [0.3, 0.4) is 0 Å². The lowest BCUT2D eigenvalue weighted by Crippen LogP contribution is -2.22. The van der Waals surface area contributed by atoms with Crippen molar-refractivity contribution < 1.29 is 4.79 Å². The quantitative estimate of drug-likeness (QED) is 0.648. The lowest BCUT2D eigenvalue weighted by molar-refractivity contribution is -0.126. The summed E-state index contributed by atoms with van der Waals surface area (Å²) in [6.07, 6.45) is 1.16. The van der Waals surface area contributed by atoms with Crippen molar-refractivity contribution in [2.24, 2.45) is 11.3 Å². The molecule has 2 nitrogen and oxygen atoms in total. The maximum Gasteiger partial charge on any atom is 0.139 e. The summed E-state index contributed by atoms with van der Waals surface area (Å²) < 4.78 is 0. The Morgan fingerprint density at radius 2 is 2.00 bits per heavy atom. The van der Waals surface area contributed by atoms with E-state index in [1.807, 2.05) is 27.7 Å². The van der Waals surface area contributed by atoms with Crippen molar-refractivity contribution >= 4 is 5.78 Å². The molecule has 0 N–H and O–H groups in total. The van der Waals surface area contributed by atoms with Gasteiger partial charge in [0.25, 0.3) is 0 Å². The van der Waals surface area contributed by atoms with Crippen LogP contribution in [0.1, 0.15) is 40.5 Å². The van der Waals surface area contributed by atoms with Crippen LogP contribution in [0, 0.1) is 22.7 Å². The minimum atomic E-state index is -0.301. The molecule has 0 aromatic rings. The molecule has 0 bridgehead atoms. The van der Waals surface area contributed by atoms with Crippen LogP contribution in [0.5, 0.6) is 0 Å². The number of Topliss-reactive ketones (excluding diaryl/α,β-unsaturated/α-hetero) is 1. The molecule has 2 heteroatoms. The zero-order valence-corrected chi connectivity index (χ0v) is 8.35. The molecule has 0 saturated heterocycles. The molecule has 0 heterocycles. The van der Waals surface area contributed by atoms with Gasteiger partial charge in [0.05, 0.1) is 12.0 Å². The highest BCUT2D eigenvalue weighted by Gasteiger charge is 2.23. The van der Waals surface area contributed by atoms with Crippen molar-refractivity contribution in [2.75, 3.05) is 0 Å². The molecule has 0 saturated carbocycles. The number of carbonyl (C=O) groups is 1. The predicted octanol–water partition coefficient (Wildman–Crippen LogP) is 2.54. The van der Waals surface area contributed by atoms with Crippen LogP contribution in [-0.2, 0) is 4.79 Å². The van der Waals surface area contributed by atoms with Gasteiger partial charge in [0, 0.05) is 11.8 Å². The summed E-state index contributed by atoms with van der Waals surface area (Å²) in [4.78, 5) is 11.4. The Morgan fingerprint density at radius 1 is 1.50 bits per heavy atom. The largest absolute Gasteiger partial charge is 0.299 e. The van der Waals surface area contributed by atoms with Crippen molar-refractivity contribution in [1.82, 2.24) is 0 Å². The number of nitrogens with zero attached hydrogens (tertiary/aromatic N) is 1. The van der Waals surface area contributed by atoms with E-state index in [-0.39, 0.29) is 17.1 Å². The summed E-state index contributed by atoms with van der Waals surface area (Å²) in [7, 11) is 0. The monoisotopic (exact) mass is 167 g/mol. The number of hydrogen-bond donors (Lipinski definition) is 0. The van der Waals surface area contributed by atoms with Crippen molar-refractivity contribution in [2.45, 2.75) is 40.5 Å². The molecule has 68 valence electrons. The number of nitriles is 1. The van der Waals surface area contributed by atoms with Crippen LogP contribution in [0.15, 0.2) is 0 Å². The Hall–Kier alpha value is -0.840. The molecule has 0 fully saturated rings. The van der Waals surface area contributed by atoms with Gasteiger partial charge in [-0.25, -0.2) is 0 Å². The SMILES string of the molecule is CC[C@@H](C#N)CC(=O)C(C)(C)C. The van der Waals surface area contributed by atoms with Crippen LogP contribution in [-0.4, -0.2) is 5.78 Å². The maximum atomic E-state index is 11.4. The highest BCUT2D eigenvalue weighted by Crippen LogP contribution is 2.20. The average Bonchev–Trinajstić information content (AvgIpc) is 1.97. The van der Waals surface area contributed by atoms with Gasteiger partial charge < -0.3 is 0 Å². The first-order chi connectivity index (χ1) is 5.41. The van der Waals surface area contributed by atoms with Crippen LogP contribution >= 0.6 is 0 Å².